The molecule has 0 radical (unpaired) electrons. The van der Waals surface area contributed by atoms with E-state index in [0.29, 0.717) is 21.9 Å². The van der Waals surface area contributed by atoms with Gasteiger partial charge in [0.15, 0.2) is 16.3 Å². The molecule has 0 saturated carbocycles. The van der Waals surface area contributed by atoms with Gasteiger partial charge in [0, 0.05) is 12.6 Å². The van der Waals surface area contributed by atoms with Crippen LogP contribution in [0.5, 0.6) is 11.5 Å². The predicted octanol–water partition coefficient (Wildman–Crippen LogP) is 6.85. The summed E-state index contributed by atoms with van der Waals surface area (Å²) in [6.45, 7) is 0. The van der Waals surface area contributed by atoms with Gasteiger partial charge in [-0.2, -0.15) is 4.99 Å². The normalized spacial score (nSPS) is 11.4. The Hall–Kier alpha value is -4.42. The van der Waals surface area contributed by atoms with Crippen LogP contribution in [0.15, 0.2) is 108 Å². The van der Waals surface area contributed by atoms with Crippen LogP contribution in [0.3, 0.4) is 0 Å². The van der Waals surface area contributed by atoms with E-state index in [1.807, 2.05) is 48.0 Å². The lowest BCUT2D eigenvalue weighted by Crippen LogP contribution is -2.14. The van der Waals surface area contributed by atoms with E-state index in [4.69, 9.17) is 9.47 Å². The van der Waals surface area contributed by atoms with Crippen molar-refractivity contribution in [3.63, 3.8) is 0 Å². The Kier molecular flexibility index (Phi) is 7.01. The summed E-state index contributed by atoms with van der Waals surface area (Å²) in [5.41, 5.74) is 5.89. The van der Waals surface area contributed by atoms with Gasteiger partial charge in [0.25, 0.3) is 5.91 Å². The first kappa shape index (κ1) is 24.3. The number of nitrogens with zero attached hydrogens (tertiary/aromatic N) is 2. The van der Waals surface area contributed by atoms with Gasteiger partial charge in [-0.05, 0) is 40.5 Å². The third kappa shape index (κ3) is 4.97. The minimum Gasteiger partial charge on any atom is -0.493 e. The number of rotatable bonds is 6. The van der Waals surface area contributed by atoms with Crippen LogP contribution in [-0.4, -0.2) is 24.7 Å². The lowest BCUT2D eigenvalue weighted by molar-refractivity contribution is 0.0997. The molecule has 0 spiro atoms. The Balaban J connectivity index is 1.60. The highest BCUT2D eigenvalue weighted by Crippen LogP contribution is 2.35. The number of carbonyl (C=O) groups is 1. The quantitative estimate of drug-likeness (QED) is 0.253. The van der Waals surface area contributed by atoms with Crippen LogP contribution < -0.4 is 14.3 Å². The molecule has 0 N–H and O–H groups in total. The average Bonchev–Trinajstić information content (AvgIpc) is 3.29. The molecule has 6 heteroatoms. The molecule has 5 aromatic rings. The maximum Gasteiger partial charge on any atom is 0.279 e. The fraction of sp³-hybridized carbons (Fsp3) is 0.0968. The standard InChI is InChI=1S/C31H26N2O3S/c1-33-28(23-16-14-22(15-17-23)21-10-6-4-7-11-21)29(24-12-8-5-9-13-24)37-31(33)32-30(34)25-18-19-26(35-2)27(20-25)36-3/h4-20H,1-3H3. The fourth-order valence-corrected chi connectivity index (χ4v) is 5.38. The molecule has 0 fully saturated rings. The third-order valence-electron chi connectivity index (χ3n) is 6.16. The second-order valence-electron chi connectivity index (χ2n) is 8.42. The average molecular weight is 507 g/mol. The van der Waals surface area contributed by atoms with Crippen LogP contribution in [-0.2, 0) is 7.05 Å². The van der Waals surface area contributed by atoms with Crippen LogP contribution in [0.1, 0.15) is 10.4 Å². The van der Waals surface area contributed by atoms with E-state index in [1.54, 1.807) is 32.4 Å². The van der Waals surface area contributed by atoms with Gasteiger partial charge in [-0.3, -0.25) is 4.79 Å². The molecule has 0 aliphatic carbocycles. The van der Waals surface area contributed by atoms with Crippen LogP contribution in [0.25, 0.3) is 32.8 Å². The SMILES string of the molecule is COc1ccc(C(=O)N=c2sc(-c3ccccc3)c(-c3ccc(-c4ccccc4)cc3)n2C)cc1OC. The number of thiazole rings is 1. The molecule has 0 unspecified atom stereocenters. The molecule has 0 aliphatic rings. The minimum atomic E-state index is -0.344. The maximum absolute atomic E-state index is 13.2. The Bertz CT molecular complexity index is 1600. The van der Waals surface area contributed by atoms with Crippen molar-refractivity contribution < 1.29 is 14.3 Å². The largest absolute Gasteiger partial charge is 0.493 e. The van der Waals surface area contributed by atoms with Gasteiger partial charge in [0.05, 0.1) is 24.8 Å². The number of carbonyl (C=O) groups excluding carboxylic acids is 1. The van der Waals surface area contributed by atoms with Gasteiger partial charge in [-0.25, -0.2) is 0 Å². The lowest BCUT2D eigenvalue weighted by atomic mass is 10.0. The van der Waals surface area contributed by atoms with E-state index >= 15 is 0 Å². The highest BCUT2D eigenvalue weighted by atomic mass is 32.1. The molecular formula is C31H26N2O3S. The van der Waals surface area contributed by atoms with Gasteiger partial charge in [-0.1, -0.05) is 96.3 Å². The van der Waals surface area contributed by atoms with Crippen molar-refractivity contribution in [3.8, 4) is 44.3 Å². The van der Waals surface area contributed by atoms with E-state index < -0.39 is 0 Å². The van der Waals surface area contributed by atoms with Crippen molar-refractivity contribution in [2.75, 3.05) is 14.2 Å². The van der Waals surface area contributed by atoms with Crippen LogP contribution >= 0.6 is 11.3 Å². The van der Waals surface area contributed by atoms with E-state index in [1.165, 1.54) is 16.9 Å². The Labute approximate surface area is 219 Å². The molecule has 1 heterocycles. The second kappa shape index (κ2) is 10.7. The summed E-state index contributed by atoms with van der Waals surface area (Å²) in [6, 6.07) is 34.1. The summed E-state index contributed by atoms with van der Waals surface area (Å²) in [5, 5.41) is 0. The summed E-state index contributed by atoms with van der Waals surface area (Å²) >= 11 is 1.49. The molecule has 1 aromatic heterocycles. The fourth-order valence-electron chi connectivity index (χ4n) is 4.24. The van der Waals surface area contributed by atoms with E-state index in [-0.39, 0.29) is 5.91 Å². The molecule has 5 rings (SSSR count). The number of hydrogen-bond acceptors (Lipinski definition) is 4. The lowest BCUT2D eigenvalue weighted by Gasteiger charge is -2.09. The topological polar surface area (TPSA) is 52.8 Å². The number of amides is 1. The van der Waals surface area contributed by atoms with Crippen molar-refractivity contribution in [1.29, 1.82) is 0 Å². The molecule has 0 saturated heterocycles. The maximum atomic E-state index is 13.2. The molecule has 0 atom stereocenters. The number of benzene rings is 4. The van der Waals surface area contributed by atoms with Crippen LogP contribution in [0.2, 0.25) is 0 Å². The number of methoxy groups -OCH3 is 2. The summed E-state index contributed by atoms with van der Waals surface area (Å²) in [5.74, 6) is 0.708. The second-order valence-corrected chi connectivity index (χ2v) is 9.40. The van der Waals surface area contributed by atoms with Crippen molar-refractivity contribution in [1.82, 2.24) is 4.57 Å². The van der Waals surface area contributed by atoms with Crippen molar-refractivity contribution in [2.24, 2.45) is 12.0 Å². The molecule has 0 bridgehead atoms. The van der Waals surface area contributed by atoms with E-state index in [9.17, 15) is 4.79 Å². The number of hydrogen-bond donors (Lipinski definition) is 0. The zero-order valence-corrected chi connectivity index (χ0v) is 21.7. The number of aromatic nitrogens is 1. The van der Waals surface area contributed by atoms with Gasteiger partial charge >= 0.3 is 0 Å². The molecule has 4 aromatic carbocycles. The zero-order valence-electron chi connectivity index (χ0n) is 20.8. The first-order chi connectivity index (χ1) is 18.1. The molecule has 5 nitrogen and oxygen atoms in total. The van der Waals surface area contributed by atoms with E-state index in [0.717, 1.165) is 27.3 Å². The van der Waals surface area contributed by atoms with Crippen LogP contribution in [0, 0.1) is 0 Å². The summed E-state index contributed by atoms with van der Waals surface area (Å²) in [4.78, 5) is 19.3. The summed E-state index contributed by atoms with van der Waals surface area (Å²) < 4.78 is 12.6. The van der Waals surface area contributed by atoms with Crippen molar-refractivity contribution in [2.45, 2.75) is 0 Å². The van der Waals surface area contributed by atoms with E-state index in [2.05, 4.69) is 53.5 Å². The monoisotopic (exact) mass is 506 g/mol. The first-order valence-electron chi connectivity index (χ1n) is 11.8. The zero-order chi connectivity index (χ0) is 25.8. The molecule has 1 amide bonds. The predicted molar refractivity (Wildman–Crippen MR) is 149 cm³/mol. The Morgan fingerprint density at radius 1 is 0.703 bits per heavy atom. The minimum absolute atomic E-state index is 0.344. The number of ether oxygens (including phenoxy) is 2. The summed E-state index contributed by atoms with van der Waals surface area (Å²) in [6.07, 6.45) is 0. The molecular weight excluding hydrogens is 480 g/mol. The van der Waals surface area contributed by atoms with Crippen molar-refractivity contribution in [3.05, 3.63) is 113 Å². The van der Waals surface area contributed by atoms with Gasteiger partial charge < -0.3 is 14.0 Å². The van der Waals surface area contributed by atoms with Crippen LogP contribution in [0.4, 0.5) is 0 Å². The molecule has 37 heavy (non-hydrogen) atoms. The third-order valence-corrected chi connectivity index (χ3v) is 7.34. The highest BCUT2D eigenvalue weighted by Gasteiger charge is 2.17. The Morgan fingerprint density at radius 3 is 1.89 bits per heavy atom. The van der Waals surface area contributed by atoms with Gasteiger partial charge in [0.1, 0.15) is 0 Å². The molecule has 0 aliphatic heterocycles. The first-order valence-corrected chi connectivity index (χ1v) is 12.6. The van der Waals surface area contributed by atoms with Crippen molar-refractivity contribution >= 4 is 17.2 Å². The van der Waals surface area contributed by atoms with Gasteiger partial charge in [0.2, 0.25) is 0 Å². The molecule has 184 valence electrons. The Morgan fingerprint density at radius 2 is 1.27 bits per heavy atom. The highest BCUT2D eigenvalue weighted by molar-refractivity contribution is 7.13. The van der Waals surface area contributed by atoms with Gasteiger partial charge in [-0.15, -0.1) is 0 Å². The summed E-state index contributed by atoms with van der Waals surface area (Å²) in [7, 11) is 5.06. The smallest absolute Gasteiger partial charge is 0.279 e.